The van der Waals surface area contributed by atoms with E-state index in [-0.39, 0.29) is 11.7 Å². The first-order valence-electron chi connectivity index (χ1n) is 8.16. The van der Waals surface area contributed by atoms with Crippen LogP contribution in [0.15, 0.2) is 48.5 Å². The number of carbonyl (C=O) groups excluding carboxylic acids is 1. The molecule has 0 unspecified atom stereocenters. The number of rotatable bonds is 10. The van der Waals surface area contributed by atoms with Gasteiger partial charge in [-0.1, -0.05) is 12.1 Å². The maximum Gasteiger partial charge on any atom is 0.221 e. The lowest BCUT2D eigenvalue weighted by molar-refractivity contribution is -0.121. The summed E-state index contributed by atoms with van der Waals surface area (Å²) in [7, 11) is 1.62. The number of ether oxygens (including phenoxy) is 2. The first-order chi connectivity index (χ1) is 12.2. The minimum atomic E-state index is -0.281. The van der Waals surface area contributed by atoms with Gasteiger partial charge in [-0.2, -0.15) is 0 Å². The third-order valence-electron chi connectivity index (χ3n) is 3.54. The Labute approximate surface area is 147 Å². The summed E-state index contributed by atoms with van der Waals surface area (Å²) in [5, 5.41) is 5.96. The molecule has 134 valence electrons. The molecule has 25 heavy (non-hydrogen) atoms. The summed E-state index contributed by atoms with van der Waals surface area (Å²) < 4.78 is 23.4. The highest BCUT2D eigenvalue weighted by Crippen LogP contribution is 2.16. The lowest BCUT2D eigenvalue weighted by Crippen LogP contribution is -2.29. The van der Waals surface area contributed by atoms with Crippen LogP contribution in [0.1, 0.15) is 12.0 Å². The molecule has 0 radical (unpaired) electrons. The third kappa shape index (κ3) is 7.22. The molecule has 0 atom stereocenters. The maximum absolute atomic E-state index is 12.8. The summed E-state index contributed by atoms with van der Waals surface area (Å²) >= 11 is 0. The Kier molecular flexibility index (Phi) is 7.72. The summed E-state index contributed by atoms with van der Waals surface area (Å²) in [5.41, 5.74) is 0.871. The lowest BCUT2D eigenvalue weighted by Gasteiger charge is -2.09. The van der Waals surface area contributed by atoms with Gasteiger partial charge >= 0.3 is 0 Å². The summed E-state index contributed by atoms with van der Waals surface area (Å²) in [6, 6.07) is 13.5. The van der Waals surface area contributed by atoms with E-state index in [4.69, 9.17) is 9.47 Å². The molecule has 0 fully saturated rings. The van der Waals surface area contributed by atoms with Gasteiger partial charge in [-0.15, -0.1) is 0 Å². The fourth-order valence-electron chi connectivity index (χ4n) is 2.13. The second-order valence-electron chi connectivity index (χ2n) is 5.43. The Morgan fingerprint density at radius 1 is 1.00 bits per heavy atom. The summed E-state index contributed by atoms with van der Waals surface area (Å²) in [5.74, 6) is 1.24. The Bertz CT molecular complexity index is 645. The minimum absolute atomic E-state index is 0.0482. The van der Waals surface area contributed by atoms with E-state index in [0.717, 1.165) is 17.1 Å². The lowest BCUT2D eigenvalue weighted by atomic mass is 10.2. The van der Waals surface area contributed by atoms with Crippen molar-refractivity contribution in [1.82, 2.24) is 10.6 Å². The van der Waals surface area contributed by atoms with Crippen molar-refractivity contribution in [2.45, 2.75) is 13.0 Å². The van der Waals surface area contributed by atoms with Crippen molar-refractivity contribution in [2.75, 3.05) is 26.8 Å². The molecule has 0 aromatic heterocycles. The molecule has 5 nitrogen and oxygen atoms in total. The molecule has 2 aromatic carbocycles. The van der Waals surface area contributed by atoms with Crippen LogP contribution in [0, 0.1) is 5.82 Å². The second kappa shape index (κ2) is 10.3. The van der Waals surface area contributed by atoms with Crippen molar-refractivity contribution in [3.05, 3.63) is 59.9 Å². The van der Waals surface area contributed by atoms with E-state index in [9.17, 15) is 9.18 Å². The monoisotopic (exact) mass is 346 g/mol. The van der Waals surface area contributed by atoms with Crippen molar-refractivity contribution in [3.8, 4) is 11.5 Å². The van der Waals surface area contributed by atoms with Gasteiger partial charge in [-0.3, -0.25) is 4.79 Å². The van der Waals surface area contributed by atoms with Crippen LogP contribution in [-0.2, 0) is 11.3 Å². The van der Waals surface area contributed by atoms with E-state index in [2.05, 4.69) is 10.6 Å². The molecule has 0 heterocycles. The fraction of sp³-hybridized carbons (Fsp3) is 0.316. The molecule has 0 aliphatic rings. The van der Waals surface area contributed by atoms with Crippen LogP contribution in [-0.4, -0.2) is 32.7 Å². The number of methoxy groups -OCH3 is 1. The predicted octanol–water partition coefficient (Wildman–Crippen LogP) is 2.51. The second-order valence-corrected chi connectivity index (χ2v) is 5.43. The molecule has 0 spiro atoms. The van der Waals surface area contributed by atoms with E-state index in [1.54, 1.807) is 19.2 Å². The van der Waals surface area contributed by atoms with Crippen molar-refractivity contribution >= 4 is 5.91 Å². The molecule has 1 amide bonds. The molecule has 0 aliphatic carbocycles. The van der Waals surface area contributed by atoms with Crippen LogP contribution in [0.4, 0.5) is 4.39 Å². The van der Waals surface area contributed by atoms with Gasteiger partial charge in [0.2, 0.25) is 5.91 Å². The van der Waals surface area contributed by atoms with Gasteiger partial charge in [0.1, 0.15) is 23.9 Å². The number of nitrogens with one attached hydrogen (secondary N) is 2. The Balaban J connectivity index is 1.51. The molecular formula is C19H23FN2O3. The smallest absolute Gasteiger partial charge is 0.221 e. The summed E-state index contributed by atoms with van der Waals surface area (Å²) in [6.45, 7) is 2.14. The largest absolute Gasteiger partial charge is 0.497 e. The van der Waals surface area contributed by atoms with Gasteiger partial charge in [0.25, 0.3) is 0 Å². The number of carbonyl (C=O) groups is 1. The summed E-state index contributed by atoms with van der Waals surface area (Å²) in [4.78, 5) is 11.7. The number of hydrogen-bond acceptors (Lipinski definition) is 4. The molecule has 0 saturated carbocycles. The van der Waals surface area contributed by atoms with Gasteiger partial charge in [0.15, 0.2) is 0 Å². The molecule has 2 rings (SSSR count). The average Bonchev–Trinajstić information content (AvgIpc) is 2.64. The zero-order valence-corrected chi connectivity index (χ0v) is 14.3. The van der Waals surface area contributed by atoms with Crippen LogP contribution >= 0.6 is 0 Å². The number of amides is 1. The number of benzene rings is 2. The normalized spacial score (nSPS) is 10.3. The van der Waals surface area contributed by atoms with Crippen molar-refractivity contribution in [2.24, 2.45) is 0 Å². The van der Waals surface area contributed by atoms with Crippen LogP contribution in [0.25, 0.3) is 0 Å². The number of hydrogen-bond donors (Lipinski definition) is 2. The number of halogens is 1. The highest BCUT2D eigenvalue weighted by atomic mass is 19.1. The maximum atomic E-state index is 12.8. The topological polar surface area (TPSA) is 59.6 Å². The van der Waals surface area contributed by atoms with Gasteiger partial charge in [-0.05, 0) is 42.0 Å². The molecule has 2 aromatic rings. The average molecular weight is 346 g/mol. The Morgan fingerprint density at radius 2 is 1.68 bits per heavy atom. The van der Waals surface area contributed by atoms with Crippen molar-refractivity contribution in [3.63, 3.8) is 0 Å². The summed E-state index contributed by atoms with van der Waals surface area (Å²) in [6.07, 6.45) is 0.379. The standard InChI is InChI=1S/C19H23FN2O3/c1-24-17-6-8-18(9-7-17)25-13-12-21-11-10-19(23)22-14-15-2-4-16(20)5-3-15/h2-9,21H,10-14H2,1H3,(H,22,23). The molecule has 2 N–H and O–H groups in total. The van der Waals surface area contributed by atoms with Gasteiger partial charge in [0, 0.05) is 26.1 Å². The predicted molar refractivity (Wildman–Crippen MR) is 94.2 cm³/mol. The first-order valence-corrected chi connectivity index (χ1v) is 8.16. The van der Waals surface area contributed by atoms with E-state index in [1.807, 2.05) is 24.3 Å². The van der Waals surface area contributed by atoms with Gasteiger partial charge in [-0.25, -0.2) is 4.39 Å². The third-order valence-corrected chi connectivity index (χ3v) is 3.54. The van der Waals surface area contributed by atoms with Crippen molar-refractivity contribution in [1.29, 1.82) is 0 Å². The molecule has 0 bridgehead atoms. The van der Waals surface area contributed by atoms with Gasteiger partial charge < -0.3 is 20.1 Å². The van der Waals surface area contributed by atoms with E-state index < -0.39 is 0 Å². The van der Waals surface area contributed by atoms with Crippen LogP contribution in [0.5, 0.6) is 11.5 Å². The van der Waals surface area contributed by atoms with Gasteiger partial charge in [0.05, 0.1) is 7.11 Å². The van der Waals surface area contributed by atoms with Crippen LogP contribution in [0.2, 0.25) is 0 Å². The Hall–Kier alpha value is -2.60. The molecule has 0 aliphatic heterocycles. The van der Waals surface area contributed by atoms with Crippen LogP contribution in [0.3, 0.4) is 0 Å². The van der Waals surface area contributed by atoms with E-state index in [1.165, 1.54) is 12.1 Å². The minimum Gasteiger partial charge on any atom is -0.497 e. The zero-order valence-electron chi connectivity index (χ0n) is 14.3. The SMILES string of the molecule is COc1ccc(OCCNCCC(=O)NCc2ccc(F)cc2)cc1. The first kappa shape index (κ1) is 18.7. The van der Waals surface area contributed by atoms with Crippen molar-refractivity contribution < 1.29 is 18.7 Å². The van der Waals surface area contributed by atoms with Crippen LogP contribution < -0.4 is 20.1 Å². The van der Waals surface area contributed by atoms with E-state index in [0.29, 0.717) is 32.7 Å². The molecule has 0 saturated heterocycles. The Morgan fingerprint density at radius 3 is 2.36 bits per heavy atom. The zero-order chi connectivity index (χ0) is 17.9. The highest BCUT2D eigenvalue weighted by Gasteiger charge is 2.01. The molecule has 6 heteroatoms. The molecular weight excluding hydrogens is 323 g/mol. The quantitative estimate of drug-likeness (QED) is 0.649. The highest BCUT2D eigenvalue weighted by molar-refractivity contribution is 5.76. The fourth-order valence-corrected chi connectivity index (χ4v) is 2.13. The van der Waals surface area contributed by atoms with E-state index >= 15 is 0 Å².